The van der Waals surface area contributed by atoms with Gasteiger partial charge in [0.25, 0.3) is 0 Å². The zero-order valence-corrected chi connectivity index (χ0v) is 5.81. The lowest BCUT2D eigenvalue weighted by Gasteiger charge is -2.00. The van der Waals surface area contributed by atoms with Crippen LogP contribution in [-0.2, 0) is 0 Å². The number of hydrogen-bond donors (Lipinski definition) is 0. The smallest absolute Gasteiger partial charge is 0.0140 e. The number of rotatable bonds is 1. The maximum absolute atomic E-state index is 3.11. The summed E-state index contributed by atoms with van der Waals surface area (Å²) in [5, 5.41) is 0. The van der Waals surface area contributed by atoms with E-state index < -0.39 is 0 Å². The third-order valence-corrected chi connectivity index (χ3v) is 1.30. The van der Waals surface area contributed by atoms with Gasteiger partial charge in [-0.15, -0.1) is 0 Å². The van der Waals surface area contributed by atoms with Crippen molar-refractivity contribution in [3.05, 3.63) is 35.9 Å². The van der Waals surface area contributed by atoms with Gasteiger partial charge in [0.15, 0.2) is 0 Å². The van der Waals surface area contributed by atoms with Crippen LogP contribution in [0.15, 0.2) is 18.2 Å². The molecule has 0 heterocycles. The average molecular weight is 118 g/mol. The molecule has 0 N–H and O–H groups in total. The predicted molar refractivity (Wildman–Crippen MR) is 38.2 cm³/mol. The van der Waals surface area contributed by atoms with Gasteiger partial charge in [0.2, 0.25) is 0 Å². The molecular formula is C9H10. The Balaban J connectivity index is 2.85. The molecule has 46 valence electrons. The molecule has 1 rings (SSSR count). The van der Waals surface area contributed by atoms with Crippen LogP contribution in [0.1, 0.15) is 25.3 Å². The lowest BCUT2D eigenvalue weighted by molar-refractivity contribution is 0.865. The molecule has 2 radical (unpaired) electrons. The standard InChI is InChI=1S/C9H10/c1-8(2)9-6-4-3-5-7-9/h4-6,8H,1-2H3. The minimum atomic E-state index is 0.583. The Labute approximate surface area is 56.5 Å². The minimum absolute atomic E-state index is 0.583. The van der Waals surface area contributed by atoms with Crippen molar-refractivity contribution in [3.63, 3.8) is 0 Å². The molecule has 0 aromatic heterocycles. The van der Waals surface area contributed by atoms with E-state index in [0.717, 1.165) is 0 Å². The molecule has 0 aliphatic heterocycles. The summed E-state index contributed by atoms with van der Waals surface area (Å²) in [6.45, 7) is 4.32. The van der Waals surface area contributed by atoms with Gasteiger partial charge in [-0.2, -0.15) is 0 Å². The summed E-state index contributed by atoms with van der Waals surface area (Å²) in [7, 11) is 0. The summed E-state index contributed by atoms with van der Waals surface area (Å²) in [6.07, 6.45) is 0. The molecule has 0 atom stereocenters. The van der Waals surface area contributed by atoms with Gasteiger partial charge in [-0.3, -0.25) is 0 Å². The number of hydrogen-bond acceptors (Lipinski definition) is 0. The van der Waals surface area contributed by atoms with E-state index in [9.17, 15) is 0 Å². The molecule has 0 heteroatoms. The van der Waals surface area contributed by atoms with Gasteiger partial charge in [-0.05, 0) is 29.7 Å². The van der Waals surface area contributed by atoms with E-state index in [-0.39, 0.29) is 0 Å². The van der Waals surface area contributed by atoms with Crippen molar-refractivity contribution in [1.82, 2.24) is 0 Å². The average Bonchev–Trinajstić information content (AvgIpc) is 1.90. The van der Waals surface area contributed by atoms with Crippen LogP contribution < -0.4 is 0 Å². The molecule has 0 aliphatic carbocycles. The summed E-state index contributed by atoms with van der Waals surface area (Å²) in [4.78, 5) is 0. The van der Waals surface area contributed by atoms with Crippen molar-refractivity contribution in [1.29, 1.82) is 0 Å². The zero-order valence-electron chi connectivity index (χ0n) is 5.81. The van der Waals surface area contributed by atoms with E-state index in [1.54, 1.807) is 0 Å². The maximum Gasteiger partial charge on any atom is -0.0140 e. The van der Waals surface area contributed by atoms with Crippen molar-refractivity contribution >= 4 is 0 Å². The van der Waals surface area contributed by atoms with Crippen LogP contribution in [0.25, 0.3) is 0 Å². The minimum Gasteiger partial charge on any atom is -0.0587 e. The van der Waals surface area contributed by atoms with Crippen LogP contribution in [-0.4, -0.2) is 0 Å². The second-order valence-electron chi connectivity index (χ2n) is 2.40. The molecule has 0 saturated heterocycles. The third kappa shape index (κ3) is 1.56. The fourth-order valence-electron chi connectivity index (χ4n) is 0.718. The van der Waals surface area contributed by atoms with Gasteiger partial charge in [-0.1, -0.05) is 26.0 Å². The molecule has 1 aromatic rings. The Hall–Kier alpha value is -0.780. The van der Waals surface area contributed by atoms with Gasteiger partial charge in [0, 0.05) is 0 Å². The van der Waals surface area contributed by atoms with Crippen LogP contribution in [0.5, 0.6) is 0 Å². The highest BCUT2D eigenvalue weighted by atomic mass is 14.0. The topological polar surface area (TPSA) is 0 Å². The first-order chi connectivity index (χ1) is 4.30. The lowest BCUT2D eigenvalue weighted by atomic mass is 10.0. The van der Waals surface area contributed by atoms with Crippen LogP contribution in [0.2, 0.25) is 0 Å². The van der Waals surface area contributed by atoms with Crippen molar-refractivity contribution in [2.45, 2.75) is 19.8 Å². The summed E-state index contributed by atoms with van der Waals surface area (Å²) < 4.78 is 0. The fraction of sp³-hybridized carbons (Fsp3) is 0.333. The second-order valence-corrected chi connectivity index (χ2v) is 2.40. The van der Waals surface area contributed by atoms with Gasteiger partial charge in [-0.25, -0.2) is 0 Å². The summed E-state index contributed by atoms with van der Waals surface area (Å²) in [6, 6.07) is 11.8. The van der Waals surface area contributed by atoms with E-state index in [1.807, 2.05) is 18.2 Å². The normalized spacial score (nSPS) is 10.1. The first kappa shape index (κ1) is 6.34. The second kappa shape index (κ2) is 2.67. The van der Waals surface area contributed by atoms with E-state index >= 15 is 0 Å². The Kier molecular flexibility index (Phi) is 1.88. The molecule has 0 bridgehead atoms. The van der Waals surface area contributed by atoms with Gasteiger partial charge >= 0.3 is 0 Å². The van der Waals surface area contributed by atoms with E-state index in [0.29, 0.717) is 5.92 Å². The Bertz CT molecular complexity index is 163. The van der Waals surface area contributed by atoms with Crippen molar-refractivity contribution < 1.29 is 0 Å². The molecular weight excluding hydrogens is 108 g/mol. The lowest BCUT2D eigenvalue weighted by Crippen LogP contribution is -1.84. The molecule has 1 aromatic carbocycles. The predicted octanol–water partition coefficient (Wildman–Crippen LogP) is 2.41. The van der Waals surface area contributed by atoms with E-state index in [4.69, 9.17) is 0 Å². The van der Waals surface area contributed by atoms with E-state index in [1.165, 1.54) is 5.56 Å². The van der Waals surface area contributed by atoms with Crippen molar-refractivity contribution in [2.75, 3.05) is 0 Å². The van der Waals surface area contributed by atoms with Crippen molar-refractivity contribution in [2.24, 2.45) is 0 Å². The maximum atomic E-state index is 3.11. The summed E-state index contributed by atoms with van der Waals surface area (Å²) >= 11 is 0. The zero-order chi connectivity index (χ0) is 6.69. The molecule has 0 saturated carbocycles. The molecule has 0 amide bonds. The Morgan fingerprint density at radius 3 is 2.56 bits per heavy atom. The largest absolute Gasteiger partial charge is 0.0587 e. The van der Waals surface area contributed by atoms with Crippen LogP contribution >= 0.6 is 0 Å². The fourth-order valence-corrected chi connectivity index (χ4v) is 0.718. The highest BCUT2D eigenvalue weighted by Gasteiger charge is 1.94. The molecule has 0 aliphatic rings. The quantitative estimate of drug-likeness (QED) is 0.531. The van der Waals surface area contributed by atoms with Gasteiger partial charge in [0.1, 0.15) is 0 Å². The molecule has 0 nitrogen and oxygen atoms in total. The summed E-state index contributed by atoms with van der Waals surface area (Å²) in [5.41, 5.74) is 1.26. The molecule has 0 fully saturated rings. The Morgan fingerprint density at radius 2 is 2.22 bits per heavy atom. The van der Waals surface area contributed by atoms with E-state index in [2.05, 4.69) is 26.0 Å². The van der Waals surface area contributed by atoms with Crippen LogP contribution in [0.4, 0.5) is 0 Å². The highest BCUT2D eigenvalue weighted by Crippen LogP contribution is 2.10. The SMILES string of the molecule is CC(C)c1[c]c[c]cc1. The van der Waals surface area contributed by atoms with Gasteiger partial charge in [0.05, 0.1) is 0 Å². The first-order valence-corrected chi connectivity index (χ1v) is 3.18. The highest BCUT2D eigenvalue weighted by molar-refractivity contribution is 5.15. The van der Waals surface area contributed by atoms with Crippen molar-refractivity contribution in [3.8, 4) is 0 Å². The monoisotopic (exact) mass is 118 g/mol. The van der Waals surface area contributed by atoms with Crippen LogP contribution in [0.3, 0.4) is 0 Å². The van der Waals surface area contributed by atoms with Gasteiger partial charge < -0.3 is 0 Å². The van der Waals surface area contributed by atoms with Crippen LogP contribution in [0, 0.1) is 12.1 Å². The Morgan fingerprint density at radius 1 is 1.44 bits per heavy atom. The summed E-state index contributed by atoms with van der Waals surface area (Å²) in [5.74, 6) is 0.583. The first-order valence-electron chi connectivity index (χ1n) is 3.18. The molecule has 0 unspecified atom stereocenters. The third-order valence-electron chi connectivity index (χ3n) is 1.30. The molecule has 9 heavy (non-hydrogen) atoms. The number of benzene rings is 1. The molecule has 0 spiro atoms.